The minimum atomic E-state index is 0.0584. The van der Waals surface area contributed by atoms with E-state index in [9.17, 15) is 0 Å². The summed E-state index contributed by atoms with van der Waals surface area (Å²) < 4.78 is 10.9. The Bertz CT molecular complexity index is 647. The Hall–Kier alpha value is -2.44. The van der Waals surface area contributed by atoms with Gasteiger partial charge in [-0.1, -0.05) is 0 Å². The Morgan fingerprint density at radius 2 is 1.91 bits per heavy atom. The molecule has 0 spiro atoms. The quantitative estimate of drug-likeness (QED) is 0.848. The highest BCUT2D eigenvalue weighted by atomic mass is 16.5. The van der Waals surface area contributed by atoms with E-state index in [0.717, 1.165) is 36.6 Å². The van der Waals surface area contributed by atoms with Gasteiger partial charge in [-0.05, 0) is 13.8 Å². The summed E-state index contributed by atoms with van der Waals surface area (Å²) in [5, 5.41) is 0. The molecule has 0 aromatic carbocycles. The largest absolute Gasteiger partial charge is 0.494 e. The first kappa shape index (κ1) is 14.5. The lowest BCUT2D eigenvalue weighted by atomic mass is 10.2. The third-order valence-corrected chi connectivity index (χ3v) is 3.87. The minimum absolute atomic E-state index is 0.0584. The van der Waals surface area contributed by atoms with Crippen LogP contribution in [-0.2, 0) is 0 Å². The maximum atomic E-state index is 5.83. The zero-order valence-electron chi connectivity index (χ0n) is 13.0. The van der Waals surface area contributed by atoms with Gasteiger partial charge >= 0.3 is 6.01 Å². The Morgan fingerprint density at radius 1 is 1.14 bits per heavy atom. The van der Waals surface area contributed by atoms with Crippen molar-refractivity contribution in [2.24, 2.45) is 0 Å². The van der Waals surface area contributed by atoms with E-state index in [1.807, 2.05) is 13.8 Å². The molecule has 3 heterocycles. The molecule has 1 saturated heterocycles. The number of hydrogen-bond acceptors (Lipinski definition) is 7. The summed E-state index contributed by atoms with van der Waals surface area (Å²) in [4.78, 5) is 19.1. The topological polar surface area (TPSA) is 73.3 Å². The molecule has 2 aromatic rings. The van der Waals surface area contributed by atoms with Gasteiger partial charge in [-0.2, -0.15) is 9.97 Å². The fourth-order valence-corrected chi connectivity index (χ4v) is 2.48. The molecule has 1 fully saturated rings. The third kappa shape index (κ3) is 2.93. The van der Waals surface area contributed by atoms with E-state index in [2.05, 4.69) is 24.8 Å². The first-order chi connectivity index (χ1) is 10.7. The molecule has 0 radical (unpaired) electrons. The molecule has 1 aliphatic rings. The van der Waals surface area contributed by atoms with Gasteiger partial charge in [0, 0.05) is 24.2 Å². The molecular formula is C15H19N5O2. The number of nitrogens with zero attached hydrogens (tertiary/aromatic N) is 5. The lowest BCUT2D eigenvalue weighted by molar-refractivity contribution is 0.205. The Kier molecular flexibility index (Phi) is 4.04. The summed E-state index contributed by atoms with van der Waals surface area (Å²) in [5.41, 5.74) is 2.12. The van der Waals surface area contributed by atoms with Crippen molar-refractivity contribution in [1.82, 2.24) is 19.9 Å². The normalized spacial score (nSPS) is 17.6. The van der Waals surface area contributed by atoms with Crippen molar-refractivity contribution in [3.05, 3.63) is 30.0 Å². The number of methoxy groups -OCH3 is 1. The highest BCUT2D eigenvalue weighted by Gasteiger charge is 2.27. The van der Waals surface area contributed by atoms with Crippen LogP contribution < -0.4 is 14.4 Å². The van der Waals surface area contributed by atoms with Gasteiger partial charge in [-0.3, -0.25) is 0 Å². The van der Waals surface area contributed by atoms with Crippen molar-refractivity contribution in [2.45, 2.75) is 26.4 Å². The second kappa shape index (κ2) is 6.13. The van der Waals surface area contributed by atoms with E-state index in [1.54, 1.807) is 25.8 Å². The fourth-order valence-electron chi connectivity index (χ4n) is 2.48. The van der Waals surface area contributed by atoms with Gasteiger partial charge in [0.25, 0.3) is 0 Å². The van der Waals surface area contributed by atoms with Crippen LogP contribution in [0.25, 0.3) is 0 Å². The molecule has 1 atom stereocenters. The summed E-state index contributed by atoms with van der Waals surface area (Å²) in [6.45, 7) is 5.71. The zero-order chi connectivity index (χ0) is 15.5. The lowest BCUT2D eigenvalue weighted by Crippen LogP contribution is -2.26. The number of aromatic nitrogens is 4. The standard InChI is InChI=1S/C15H19N5O2/c1-10-11(2)18-9-19-14(10)20-5-4-12(8-20)22-15-16-6-13(21-3)7-17-15/h6-7,9,12H,4-5,8H2,1-3H3. The van der Waals surface area contributed by atoms with Gasteiger partial charge in [-0.25, -0.2) is 9.97 Å². The van der Waals surface area contributed by atoms with Crippen molar-refractivity contribution in [3.63, 3.8) is 0 Å². The first-order valence-corrected chi connectivity index (χ1v) is 7.23. The number of hydrogen-bond donors (Lipinski definition) is 0. The van der Waals surface area contributed by atoms with Crippen molar-refractivity contribution >= 4 is 5.82 Å². The summed E-state index contributed by atoms with van der Waals surface area (Å²) in [7, 11) is 1.58. The smallest absolute Gasteiger partial charge is 0.316 e. The second-order valence-electron chi connectivity index (χ2n) is 5.29. The maximum Gasteiger partial charge on any atom is 0.316 e. The van der Waals surface area contributed by atoms with E-state index < -0.39 is 0 Å². The van der Waals surface area contributed by atoms with Crippen LogP contribution in [0.3, 0.4) is 0 Å². The highest BCUT2D eigenvalue weighted by Crippen LogP contribution is 2.24. The van der Waals surface area contributed by atoms with Crippen LogP contribution in [0.1, 0.15) is 17.7 Å². The van der Waals surface area contributed by atoms with E-state index in [1.165, 1.54) is 0 Å². The predicted molar refractivity (Wildman–Crippen MR) is 81.3 cm³/mol. The molecule has 2 aromatic heterocycles. The van der Waals surface area contributed by atoms with Crippen molar-refractivity contribution in [2.75, 3.05) is 25.1 Å². The van der Waals surface area contributed by atoms with Gasteiger partial charge in [-0.15, -0.1) is 0 Å². The van der Waals surface area contributed by atoms with Crippen molar-refractivity contribution in [3.8, 4) is 11.8 Å². The first-order valence-electron chi connectivity index (χ1n) is 7.23. The number of anilines is 1. The predicted octanol–water partition coefficient (Wildman–Crippen LogP) is 1.55. The molecule has 7 nitrogen and oxygen atoms in total. The molecule has 1 unspecified atom stereocenters. The monoisotopic (exact) mass is 301 g/mol. The average Bonchev–Trinajstić information content (AvgIpc) is 2.99. The van der Waals surface area contributed by atoms with E-state index >= 15 is 0 Å². The van der Waals surface area contributed by atoms with Crippen LogP contribution in [0, 0.1) is 13.8 Å². The molecule has 0 bridgehead atoms. The molecule has 7 heteroatoms. The average molecular weight is 301 g/mol. The molecule has 0 N–H and O–H groups in total. The van der Waals surface area contributed by atoms with Crippen molar-refractivity contribution < 1.29 is 9.47 Å². The summed E-state index contributed by atoms with van der Waals surface area (Å²) in [5.74, 6) is 1.60. The van der Waals surface area contributed by atoms with Crippen LogP contribution >= 0.6 is 0 Å². The Labute approximate surface area is 129 Å². The van der Waals surface area contributed by atoms with Gasteiger partial charge < -0.3 is 14.4 Å². The van der Waals surface area contributed by atoms with Crippen molar-refractivity contribution in [1.29, 1.82) is 0 Å². The zero-order valence-corrected chi connectivity index (χ0v) is 13.0. The van der Waals surface area contributed by atoms with Gasteiger partial charge in [0.15, 0.2) is 5.75 Å². The Balaban J connectivity index is 1.65. The maximum absolute atomic E-state index is 5.83. The van der Waals surface area contributed by atoms with Crippen LogP contribution in [0.15, 0.2) is 18.7 Å². The van der Waals surface area contributed by atoms with Crippen LogP contribution in [0.4, 0.5) is 5.82 Å². The molecular weight excluding hydrogens is 282 g/mol. The van der Waals surface area contributed by atoms with E-state index in [-0.39, 0.29) is 6.10 Å². The molecule has 1 aliphatic heterocycles. The lowest BCUT2D eigenvalue weighted by Gasteiger charge is -2.19. The van der Waals surface area contributed by atoms with Gasteiger partial charge in [0.05, 0.1) is 26.0 Å². The van der Waals surface area contributed by atoms with Crippen LogP contribution in [0.5, 0.6) is 11.8 Å². The van der Waals surface area contributed by atoms with Crippen LogP contribution in [-0.4, -0.2) is 46.2 Å². The number of rotatable bonds is 4. The molecule has 0 amide bonds. The van der Waals surface area contributed by atoms with Gasteiger partial charge in [0.1, 0.15) is 18.2 Å². The third-order valence-electron chi connectivity index (χ3n) is 3.87. The van der Waals surface area contributed by atoms with Gasteiger partial charge in [0.2, 0.25) is 0 Å². The van der Waals surface area contributed by atoms with E-state index in [0.29, 0.717) is 11.8 Å². The minimum Gasteiger partial charge on any atom is -0.494 e. The molecule has 22 heavy (non-hydrogen) atoms. The van der Waals surface area contributed by atoms with E-state index in [4.69, 9.17) is 9.47 Å². The highest BCUT2D eigenvalue weighted by molar-refractivity contribution is 5.48. The molecule has 0 aliphatic carbocycles. The SMILES string of the molecule is COc1cnc(OC2CCN(c3ncnc(C)c3C)C2)nc1. The Morgan fingerprint density at radius 3 is 2.64 bits per heavy atom. The molecule has 3 rings (SSSR count). The molecule has 116 valence electrons. The fraction of sp³-hybridized carbons (Fsp3) is 0.467. The summed E-state index contributed by atoms with van der Waals surface area (Å²) >= 11 is 0. The second-order valence-corrected chi connectivity index (χ2v) is 5.29. The molecule has 0 saturated carbocycles. The number of aryl methyl sites for hydroxylation is 1. The van der Waals surface area contributed by atoms with Crippen LogP contribution in [0.2, 0.25) is 0 Å². The number of ether oxygens (including phenoxy) is 2. The summed E-state index contributed by atoms with van der Waals surface area (Å²) in [6, 6.07) is 0.378. The summed E-state index contributed by atoms with van der Waals surface area (Å²) in [6.07, 6.45) is 5.79.